The van der Waals surface area contributed by atoms with Crippen molar-refractivity contribution in [2.45, 2.75) is 17.1 Å². The SMILES string of the molecule is C=Cc1ccc(S(=O)(=O)NS(=O)(=O)C(C)(F)F)cc1. The molecule has 0 amide bonds. The molecule has 0 fully saturated rings. The van der Waals surface area contributed by atoms with Crippen molar-refractivity contribution in [1.82, 2.24) is 4.13 Å². The number of benzene rings is 1. The fraction of sp³-hybridized carbons (Fsp3) is 0.200. The van der Waals surface area contributed by atoms with Gasteiger partial charge in [-0.15, -0.1) is 0 Å². The Bertz CT molecular complexity index is 673. The Labute approximate surface area is 110 Å². The van der Waals surface area contributed by atoms with E-state index in [1.165, 1.54) is 18.2 Å². The molecule has 9 heteroatoms. The second-order valence-electron chi connectivity index (χ2n) is 3.67. The fourth-order valence-electron chi connectivity index (χ4n) is 1.05. The van der Waals surface area contributed by atoms with Crippen LogP contribution in [0.4, 0.5) is 8.78 Å². The monoisotopic (exact) mass is 311 g/mol. The molecule has 0 bridgehead atoms. The summed E-state index contributed by atoms with van der Waals surface area (Å²) in [4.78, 5) is -0.439. The smallest absolute Gasteiger partial charge is 0.206 e. The molecule has 0 aliphatic carbocycles. The van der Waals surface area contributed by atoms with Gasteiger partial charge >= 0.3 is 5.25 Å². The minimum atomic E-state index is -5.31. The van der Waals surface area contributed by atoms with Gasteiger partial charge in [-0.05, 0) is 17.7 Å². The maximum absolute atomic E-state index is 12.7. The second kappa shape index (κ2) is 4.99. The first-order valence-corrected chi connectivity index (χ1v) is 7.85. The quantitative estimate of drug-likeness (QED) is 0.894. The van der Waals surface area contributed by atoms with Crippen LogP contribution in [0.1, 0.15) is 12.5 Å². The summed E-state index contributed by atoms with van der Waals surface area (Å²) in [6.07, 6.45) is 1.45. The van der Waals surface area contributed by atoms with Gasteiger partial charge in [-0.3, -0.25) is 0 Å². The van der Waals surface area contributed by atoms with Crippen LogP contribution in [0.5, 0.6) is 0 Å². The van der Waals surface area contributed by atoms with Crippen molar-refractivity contribution in [2.24, 2.45) is 0 Å². The Hall–Kier alpha value is -1.32. The fourth-order valence-corrected chi connectivity index (χ4v) is 3.67. The molecule has 19 heavy (non-hydrogen) atoms. The molecule has 0 saturated heterocycles. The molecule has 0 unspecified atom stereocenters. The molecule has 1 rings (SSSR count). The van der Waals surface area contributed by atoms with E-state index in [2.05, 4.69) is 6.58 Å². The van der Waals surface area contributed by atoms with Crippen molar-refractivity contribution >= 4 is 26.1 Å². The first-order valence-electron chi connectivity index (χ1n) is 4.88. The van der Waals surface area contributed by atoms with E-state index in [4.69, 9.17) is 0 Å². The highest BCUT2D eigenvalue weighted by Crippen LogP contribution is 2.21. The predicted molar refractivity (Wildman–Crippen MR) is 66.4 cm³/mol. The minimum absolute atomic E-state index is 0.0890. The largest absolute Gasteiger partial charge is 0.357 e. The van der Waals surface area contributed by atoms with E-state index in [9.17, 15) is 25.6 Å². The molecule has 1 aromatic carbocycles. The zero-order chi connectivity index (χ0) is 14.9. The van der Waals surface area contributed by atoms with Crippen LogP contribution in [0.25, 0.3) is 6.08 Å². The van der Waals surface area contributed by atoms with Gasteiger partial charge in [-0.25, -0.2) is 16.8 Å². The van der Waals surface area contributed by atoms with E-state index >= 15 is 0 Å². The molecule has 5 nitrogen and oxygen atoms in total. The molecule has 0 aliphatic rings. The molecule has 0 aromatic heterocycles. The van der Waals surface area contributed by atoms with Crippen LogP contribution in [0.2, 0.25) is 0 Å². The van der Waals surface area contributed by atoms with Gasteiger partial charge in [0, 0.05) is 6.92 Å². The highest BCUT2D eigenvalue weighted by atomic mass is 32.3. The van der Waals surface area contributed by atoms with Crippen LogP contribution in [0.3, 0.4) is 0 Å². The van der Waals surface area contributed by atoms with Crippen molar-refractivity contribution in [3.8, 4) is 0 Å². The third-order valence-electron chi connectivity index (χ3n) is 2.12. The molecular weight excluding hydrogens is 300 g/mol. The number of rotatable bonds is 5. The maximum atomic E-state index is 12.7. The topological polar surface area (TPSA) is 80.3 Å². The normalized spacial score (nSPS) is 13.2. The van der Waals surface area contributed by atoms with E-state index in [-0.39, 0.29) is 6.92 Å². The van der Waals surface area contributed by atoms with Crippen molar-refractivity contribution in [3.05, 3.63) is 36.4 Å². The van der Waals surface area contributed by atoms with Crippen LogP contribution in [-0.4, -0.2) is 22.1 Å². The molecular formula is C10H11F2NO4S2. The Morgan fingerprint density at radius 1 is 1.16 bits per heavy atom. The molecule has 0 heterocycles. The first kappa shape index (κ1) is 15.7. The standard InChI is InChI=1S/C10H11F2NO4S2/c1-3-8-4-6-9(7-5-8)18(14,15)13-19(16,17)10(2,11)12/h3-7,13H,1H2,2H3. The highest BCUT2D eigenvalue weighted by Gasteiger charge is 2.42. The molecule has 0 spiro atoms. The maximum Gasteiger partial charge on any atom is 0.357 e. The molecule has 0 saturated carbocycles. The summed E-state index contributed by atoms with van der Waals surface area (Å²) in [7, 11) is -9.89. The number of alkyl halides is 2. The Balaban J connectivity index is 3.15. The molecule has 1 N–H and O–H groups in total. The van der Waals surface area contributed by atoms with Crippen LogP contribution in [0.15, 0.2) is 35.7 Å². The average molecular weight is 311 g/mol. The van der Waals surface area contributed by atoms with E-state index in [1.807, 2.05) is 0 Å². The first-order chi connectivity index (χ1) is 8.49. The summed E-state index contributed by atoms with van der Waals surface area (Å²) in [5.74, 6) is 0. The third kappa shape index (κ3) is 3.58. The average Bonchev–Trinajstić information content (AvgIpc) is 2.26. The van der Waals surface area contributed by atoms with Crippen molar-refractivity contribution in [2.75, 3.05) is 0 Å². The lowest BCUT2D eigenvalue weighted by Crippen LogP contribution is -2.40. The zero-order valence-corrected chi connectivity index (χ0v) is 11.4. The van der Waals surface area contributed by atoms with Gasteiger partial charge < -0.3 is 0 Å². The van der Waals surface area contributed by atoms with E-state index in [1.54, 1.807) is 0 Å². The Kier molecular flexibility index (Phi) is 4.13. The number of hydrogen-bond acceptors (Lipinski definition) is 4. The van der Waals surface area contributed by atoms with Gasteiger partial charge in [-0.2, -0.15) is 8.78 Å². The van der Waals surface area contributed by atoms with E-state index in [0.29, 0.717) is 5.56 Å². The molecule has 0 radical (unpaired) electrons. The van der Waals surface area contributed by atoms with E-state index < -0.39 is 30.2 Å². The minimum Gasteiger partial charge on any atom is -0.206 e. The van der Waals surface area contributed by atoms with Gasteiger partial charge in [-0.1, -0.05) is 28.9 Å². The van der Waals surface area contributed by atoms with Crippen molar-refractivity contribution < 1.29 is 25.6 Å². The van der Waals surface area contributed by atoms with Gasteiger partial charge in [0.1, 0.15) is 0 Å². The number of nitrogens with one attached hydrogen (secondary N) is 1. The summed E-state index contributed by atoms with van der Waals surface area (Å²) in [6.45, 7) is 3.54. The van der Waals surface area contributed by atoms with Crippen molar-refractivity contribution in [3.63, 3.8) is 0 Å². The predicted octanol–water partition coefficient (Wildman–Crippen LogP) is 1.55. The van der Waals surface area contributed by atoms with Gasteiger partial charge in [0.05, 0.1) is 4.90 Å². The Morgan fingerprint density at radius 3 is 2.00 bits per heavy atom. The summed E-state index contributed by atoms with van der Waals surface area (Å²) in [6, 6.07) is 4.89. The highest BCUT2D eigenvalue weighted by molar-refractivity contribution is 8.05. The summed E-state index contributed by atoms with van der Waals surface area (Å²) < 4.78 is 72.0. The number of sulfonamides is 2. The van der Waals surface area contributed by atoms with Crippen molar-refractivity contribution in [1.29, 1.82) is 0 Å². The summed E-state index contributed by atoms with van der Waals surface area (Å²) in [5, 5.41) is -4.21. The lowest BCUT2D eigenvalue weighted by molar-refractivity contribution is 0.113. The molecule has 0 aliphatic heterocycles. The van der Waals surface area contributed by atoms with Gasteiger partial charge in [0.25, 0.3) is 20.0 Å². The Morgan fingerprint density at radius 2 is 1.63 bits per heavy atom. The van der Waals surface area contributed by atoms with Gasteiger partial charge in [0.2, 0.25) is 0 Å². The van der Waals surface area contributed by atoms with Crippen LogP contribution >= 0.6 is 0 Å². The van der Waals surface area contributed by atoms with E-state index in [0.717, 1.165) is 16.3 Å². The lowest BCUT2D eigenvalue weighted by atomic mass is 10.2. The molecule has 0 atom stereocenters. The lowest BCUT2D eigenvalue weighted by Gasteiger charge is -2.13. The number of halogens is 2. The number of hydrogen-bond donors (Lipinski definition) is 1. The van der Waals surface area contributed by atoms with Gasteiger partial charge in [0.15, 0.2) is 0 Å². The summed E-state index contributed by atoms with van der Waals surface area (Å²) >= 11 is 0. The third-order valence-corrected chi connectivity index (χ3v) is 5.71. The van der Waals surface area contributed by atoms with Crippen LogP contribution < -0.4 is 4.13 Å². The second-order valence-corrected chi connectivity index (χ2v) is 7.54. The van der Waals surface area contributed by atoms with Crippen LogP contribution in [0, 0.1) is 0 Å². The summed E-state index contributed by atoms with van der Waals surface area (Å²) in [5.41, 5.74) is 0.600. The van der Waals surface area contributed by atoms with Crippen LogP contribution in [-0.2, 0) is 20.0 Å². The molecule has 1 aromatic rings. The zero-order valence-electron chi connectivity index (χ0n) is 9.80. The molecule has 106 valence electrons.